The second kappa shape index (κ2) is 4.97. The molecule has 3 heterocycles. The lowest BCUT2D eigenvalue weighted by Crippen LogP contribution is -2.49. The van der Waals surface area contributed by atoms with E-state index in [0.29, 0.717) is 13.2 Å². The normalized spacial score (nSPS) is 21.3. The zero-order valence-corrected chi connectivity index (χ0v) is 12.3. The SMILES string of the molecule is Cc1cc2ccccc2nc1N1CCCC2(C1)OCCO2. The average molecular weight is 284 g/mol. The molecule has 2 saturated heterocycles. The van der Waals surface area contributed by atoms with Gasteiger partial charge in [0.25, 0.3) is 0 Å². The highest BCUT2D eigenvalue weighted by Crippen LogP contribution is 2.33. The van der Waals surface area contributed by atoms with E-state index in [1.54, 1.807) is 0 Å². The van der Waals surface area contributed by atoms with Crippen molar-refractivity contribution in [2.24, 2.45) is 0 Å². The molecule has 0 saturated carbocycles. The molecule has 2 aliphatic rings. The van der Waals surface area contributed by atoms with Gasteiger partial charge in [0.2, 0.25) is 0 Å². The van der Waals surface area contributed by atoms with Crippen LogP contribution >= 0.6 is 0 Å². The molecule has 1 aromatic carbocycles. The largest absolute Gasteiger partial charge is 0.351 e. The van der Waals surface area contributed by atoms with Crippen LogP contribution in [0.3, 0.4) is 0 Å². The molecule has 0 N–H and O–H groups in total. The first-order chi connectivity index (χ1) is 10.3. The van der Waals surface area contributed by atoms with Crippen molar-refractivity contribution >= 4 is 16.7 Å². The number of nitrogens with zero attached hydrogens (tertiary/aromatic N) is 2. The number of fused-ring (bicyclic) bond motifs is 1. The van der Waals surface area contributed by atoms with E-state index >= 15 is 0 Å². The number of pyridine rings is 1. The third kappa shape index (κ3) is 2.28. The summed E-state index contributed by atoms with van der Waals surface area (Å²) in [6, 6.07) is 10.5. The summed E-state index contributed by atoms with van der Waals surface area (Å²) in [5.41, 5.74) is 2.26. The van der Waals surface area contributed by atoms with Crippen LogP contribution in [0.2, 0.25) is 0 Å². The number of rotatable bonds is 1. The third-order valence-corrected chi connectivity index (χ3v) is 4.42. The van der Waals surface area contributed by atoms with Crippen molar-refractivity contribution in [2.75, 3.05) is 31.2 Å². The van der Waals surface area contributed by atoms with E-state index in [9.17, 15) is 0 Å². The molecule has 0 amide bonds. The maximum absolute atomic E-state index is 5.87. The van der Waals surface area contributed by atoms with E-state index in [0.717, 1.165) is 37.3 Å². The molecule has 0 unspecified atom stereocenters. The number of hydrogen-bond donors (Lipinski definition) is 0. The Labute approximate surface area is 124 Å². The van der Waals surface area contributed by atoms with Crippen LogP contribution in [0.25, 0.3) is 10.9 Å². The van der Waals surface area contributed by atoms with Crippen molar-refractivity contribution in [3.8, 4) is 0 Å². The molecule has 4 rings (SSSR count). The first kappa shape index (κ1) is 13.0. The lowest BCUT2D eigenvalue weighted by atomic mass is 10.0. The molecular formula is C17H20N2O2. The molecule has 4 heteroatoms. The van der Waals surface area contributed by atoms with Crippen molar-refractivity contribution in [1.29, 1.82) is 0 Å². The maximum Gasteiger partial charge on any atom is 0.186 e. The molecule has 110 valence electrons. The number of aromatic nitrogens is 1. The fraction of sp³-hybridized carbons (Fsp3) is 0.471. The molecule has 21 heavy (non-hydrogen) atoms. The van der Waals surface area contributed by atoms with Crippen molar-refractivity contribution in [3.05, 3.63) is 35.9 Å². The average Bonchev–Trinajstić information content (AvgIpc) is 2.94. The first-order valence-electron chi connectivity index (χ1n) is 7.65. The predicted molar refractivity (Wildman–Crippen MR) is 82.6 cm³/mol. The lowest BCUT2D eigenvalue weighted by Gasteiger charge is -2.39. The van der Waals surface area contributed by atoms with Gasteiger partial charge in [-0.05, 0) is 31.0 Å². The molecule has 0 bridgehead atoms. The van der Waals surface area contributed by atoms with Crippen LogP contribution in [0.1, 0.15) is 18.4 Å². The summed E-state index contributed by atoms with van der Waals surface area (Å²) in [6.07, 6.45) is 2.06. The quantitative estimate of drug-likeness (QED) is 0.806. The Balaban J connectivity index is 1.70. The van der Waals surface area contributed by atoms with Crippen LogP contribution in [-0.4, -0.2) is 37.1 Å². The van der Waals surface area contributed by atoms with Gasteiger partial charge in [-0.15, -0.1) is 0 Å². The summed E-state index contributed by atoms with van der Waals surface area (Å²) in [5.74, 6) is 0.657. The van der Waals surface area contributed by atoms with Crippen LogP contribution < -0.4 is 4.90 Å². The highest BCUT2D eigenvalue weighted by atomic mass is 16.7. The lowest BCUT2D eigenvalue weighted by molar-refractivity contribution is -0.161. The monoisotopic (exact) mass is 284 g/mol. The van der Waals surface area contributed by atoms with Gasteiger partial charge in [-0.2, -0.15) is 0 Å². The van der Waals surface area contributed by atoms with Crippen molar-refractivity contribution in [3.63, 3.8) is 0 Å². The zero-order valence-electron chi connectivity index (χ0n) is 12.3. The van der Waals surface area contributed by atoms with E-state index in [-0.39, 0.29) is 0 Å². The second-order valence-corrected chi connectivity index (χ2v) is 5.95. The Morgan fingerprint density at radius 3 is 2.86 bits per heavy atom. The number of ether oxygens (including phenoxy) is 2. The summed E-state index contributed by atoms with van der Waals surface area (Å²) in [7, 11) is 0. The van der Waals surface area contributed by atoms with Crippen LogP contribution in [0.15, 0.2) is 30.3 Å². The summed E-state index contributed by atoms with van der Waals surface area (Å²) in [6.45, 7) is 5.34. The Morgan fingerprint density at radius 1 is 1.19 bits per heavy atom. The number of benzene rings is 1. The van der Waals surface area contributed by atoms with Crippen LogP contribution in [0.4, 0.5) is 5.82 Å². The van der Waals surface area contributed by atoms with E-state index in [2.05, 4.69) is 36.1 Å². The van der Waals surface area contributed by atoms with Gasteiger partial charge >= 0.3 is 0 Å². The van der Waals surface area contributed by atoms with Gasteiger partial charge in [0, 0.05) is 18.4 Å². The van der Waals surface area contributed by atoms with Crippen molar-refractivity contribution in [2.45, 2.75) is 25.6 Å². The second-order valence-electron chi connectivity index (χ2n) is 5.95. The molecule has 0 atom stereocenters. The van der Waals surface area contributed by atoms with Crippen molar-refractivity contribution < 1.29 is 9.47 Å². The standard InChI is InChI=1S/C17H20N2O2/c1-13-11-14-5-2-3-6-15(14)18-16(13)19-8-4-7-17(12-19)20-9-10-21-17/h2-3,5-6,11H,4,7-10,12H2,1H3. The topological polar surface area (TPSA) is 34.6 Å². The maximum atomic E-state index is 5.87. The summed E-state index contributed by atoms with van der Waals surface area (Å²) < 4.78 is 11.7. The number of aryl methyl sites for hydroxylation is 1. The Hall–Kier alpha value is -1.65. The summed E-state index contributed by atoms with van der Waals surface area (Å²) >= 11 is 0. The van der Waals surface area contributed by atoms with E-state index in [1.807, 2.05) is 6.07 Å². The van der Waals surface area contributed by atoms with Crippen LogP contribution in [0.5, 0.6) is 0 Å². The summed E-state index contributed by atoms with van der Waals surface area (Å²) in [5, 5.41) is 1.19. The molecule has 4 nitrogen and oxygen atoms in total. The minimum atomic E-state index is -0.405. The van der Waals surface area contributed by atoms with Gasteiger partial charge in [0.05, 0.1) is 25.3 Å². The Bertz CT molecular complexity index is 665. The van der Waals surface area contributed by atoms with E-state index in [4.69, 9.17) is 14.5 Å². The smallest absolute Gasteiger partial charge is 0.186 e. The first-order valence-corrected chi connectivity index (χ1v) is 7.65. The number of piperidine rings is 1. The fourth-order valence-corrected chi connectivity index (χ4v) is 3.43. The Morgan fingerprint density at radius 2 is 2.00 bits per heavy atom. The van der Waals surface area contributed by atoms with Gasteiger partial charge in [0.1, 0.15) is 5.82 Å². The van der Waals surface area contributed by atoms with Crippen LogP contribution in [-0.2, 0) is 9.47 Å². The predicted octanol–water partition coefficient (Wildman–Crippen LogP) is 2.89. The van der Waals surface area contributed by atoms with Gasteiger partial charge in [-0.25, -0.2) is 4.98 Å². The molecule has 2 fully saturated rings. The molecule has 2 aromatic rings. The third-order valence-electron chi connectivity index (χ3n) is 4.42. The molecule has 1 aromatic heterocycles. The van der Waals surface area contributed by atoms with Gasteiger partial charge in [-0.3, -0.25) is 0 Å². The molecule has 0 aliphatic carbocycles. The number of hydrogen-bond acceptors (Lipinski definition) is 4. The van der Waals surface area contributed by atoms with Crippen LogP contribution in [0, 0.1) is 6.92 Å². The minimum Gasteiger partial charge on any atom is -0.351 e. The Kier molecular flexibility index (Phi) is 3.08. The van der Waals surface area contributed by atoms with Crippen molar-refractivity contribution in [1.82, 2.24) is 4.98 Å². The van der Waals surface area contributed by atoms with E-state index in [1.165, 1.54) is 10.9 Å². The summed E-state index contributed by atoms with van der Waals surface area (Å²) in [4.78, 5) is 7.18. The molecular weight excluding hydrogens is 264 g/mol. The van der Waals surface area contributed by atoms with Gasteiger partial charge < -0.3 is 14.4 Å². The van der Waals surface area contributed by atoms with Gasteiger partial charge in [-0.1, -0.05) is 18.2 Å². The number of para-hydroxylation sites is 1. The molecule has 0 radical (unpaired) electrons. The molecule has 1 spiro atoms. The zero-order chi connectivity index (χ0) is 14.3. The highest BCUT2D eigenvalue weighted by Gasteiger charge is 2.41. The molecule has 2 aliphatic heterocycles. The fourth-order valence-electron chi connectivity index (χ4n) is 3.43. The minimum absolute atomic E-state index is 0.405. The highest BCUT2D eigenvalue weighted by molar-refractivity contribution is 5.81. The van der Waals surface area contributed by atoms with Gasteiger partial charge in [0.15, 0.2) is 5.79 Å². The number of anilines is 1. The van der Waals surface area contributed by atoms with E-state index < -0.39 is 5.79 Å².